The van der Waals surface area contributed by atoms with Gasteiger partial charge in [0.05, 0.1) is 29.4 Å². The minimum Gasteiger partial charge on any atom is -0.356 e. The molecule has 0 aliphatic carbocycles. The lowest BCUT2D eigenvalue weighted by Gasteiger charge is -2.28. The molecule has 1 aromatic carbocycles. The number of nitrogens with one attached hydrogen (secondary N) is 1. The summed E-state index contributed by atoms with van der Waals surface area (Å²) in [6, 6.07) is 9.20. The molecule has 4 rings (SSSR count). The molecule has 0 saturated carbocycles. The van der Waals surface area contributed by atoms with E-state index in [9.17, 15) is 9.59 Å². The summed E-state index contributed by atoms with van der Waals surface area (Å²) in [6.45, 7) is 3.89. The normalized spacial score (nSPS) is 15.6. The second-order valence-electron chi connectivity index (χ2n) is 7.20. The highest BCUT2D eigenvalue weighted by Crippen LogP contribution is 2.33. The van der Waals surface area contributed by atoms with Crippen LogP contribution < -0.4 is 5.32 Å². The Kier molecular flexibility index (Phi) is 4.84. The number of anilines is 1. The Morgan fingerprint density at radius 3 is 2.86 bits per heavy atom. The summed E-state index contributed by atoms with van der Waals surface area (Å²) in [5.74, 6) is 0.335. The zero-order valence-electron chi connectivity index (χ0n) is 16.5. The molecule has 1 unspecified atom stereocenters. The van der Waals surface area contributed by atoms with Gasteiger partial charge in [0.1, 0.15) is 5.82 Å². The summed E-state index contributed by atoms with van der Waals surface area (Å²) in [5.41, 5.74) is 3.62. The van der Waals surface area contributed by atoms with Crippen molar-refractivity contribution in [3.63, 3.8) is 0 Å². The highest BCUT2D eigenvalue weighted by Gasteiger charge is 2.32. The van der Waals surface area contributed by atoms with Crippen LogP contribution in [-0.2, 0) is 16.1 Å². The maximum absolute atomic E-state index is 13.2. The first kappa shape index (κ1) is 18.8. The zero-order chi connectivity index (χ0) is 20.5. The van der Waals surface area contributed by atoms with Crippen molar-refractivity contribution in [1.29, 1.82) is 0 Å². The molecule has 0 radical (unpaired) electrons. The van der Waals surface area contributed by atoms with E-state index in [0.717, 1.165) is 11.3 Å². The third-order valence-electron chi connectivity index (χ3n) is 4.94. The van der Waals surface area contributed by atoms with E-state index < -0.39 is 5.92 Å². The van der Waals surface area contributed by atoms with Gasteiger partial charge in [-0.25, -0.2) is 9.97 Å². The average molecular weight is 391 g/mol. The molecule has 2 aromatic heterocycles. The van der Waals surface area contributed by atoms with Crippen molar-refractivity contribution in [2.24, 2.45) is 0 Å². The summed E-state index contributed by atoms with van der Waals surface area (Å²) < 4.78 is 5.36. The Morgan fingerprint density at radius 2 is 2.10 bits per heavy atom. The van der Waals surface area contributed by atoms with Crippen molar-refractivity contribution in [3.05, 3.63) is 59.3 Å². The van der Waals surface area contributed by atoms with Crippen LogP contribution in [0, 0.1) is 13.8 Å². The molecule has 1 aliphatic heterocycles. The molecule has 8 nitrogen and oxygen atoms in total. The van der Waals surface area contributed by atoms with Crippen LogP contribution in [-0.4, -0.2) is 38.9 Å². The molecule has 0 bridgehead atoms. The molecule has 2 amide bonds. The van der Waals surface area contributed by atoms with Gasteiger partial charge in [-0.3, -0.25) is 9.59 Å². The maximum atomic E-state index is 13.2. The van der Waals surface area contributed by atoms with Crippen molar-refractivity contribution in [3.8, 4) is 11.3 Å². The first-order valence-corrected chi connectivity index (χ1v) is 9.32. The fourth-order valence-electron chi connectivity index (χ4n) is 3.53. The van der Waals surface area contributed by atoms with Crippen LogP contribution in [0.25, 0.3) is 11.3 Å². The van der Waals surface area contributed by atoms with Gasteiger partial charge >= 0.3 is 0 Å². The number of carbonyl (C=O) groups is 2. The fraction of sp³-hybridized carbons (Fsp3) is 0.286. The first-order valence-electron chi connectivity index (χ1n) is 9.32. The predicted molar refractivity (Wildman–Crippen MR) is 106 cm³/mol. The van der Waals surface area contributed by atoms with Gasteiger partial charge in [0, 0.05) is 31.4 Å². The van der Waals surface area contributed by atoms with Crippen LogP contribution in [0.3, 0.4) is 0 Å². The average Bonchev–Trinajstić information content (AvgIpc) is 3.12. The summed E-state index contributed by atoms with van der Waals surface area (Å²) in [7, 11) is 1.71. The van der Waals surface area contributed by atoms with E-state index in [1.165, 1.54) is 0 Å². The Bertz CT molecular complexity index is 1090. The predicted octanol–water partition coefficient (Wildman–Crippen LogP) is 2.83. The second-order valence-corrected chi connectivity index (χ2v) is 7.20. The van der Waals surface area contributed by atoms with Gasteiger partial charge in [-0.1, -0.05) is 23.4 Å². The molecule has 0 saturated heterocycles. The number of amides is 2. The summed E-state index contributed by atoms with van der Waals surface area (Å²) >= 11 is 0. The third-order valence-corrected chi connectivity index (χ3v) is 4.94. The number of hydrogen-bond acceptors (Lipinski definition) is 6. The quantitative estimate of drug-likeness (QED) is 0.734. The molecule has 8 heteroatoms. The molecule has 0 spiro atoms. The number of likely N-dealkylation sites (N-methyl/N-ethyl adjacent to an activating group) is 1. The zero-order valence-corrected chi connectivity index (χ0v) is 16.5. The third kappa shape index (κ3) is 3.73. The van der Waals surface area contributed by atoms with Gasteiger partial charge in [0.25, 0.3) is 0 Å². The van der Waals surface area contributed by atoms with Gasteiger partial charge in [-0.2, -0.15) is 0 Å². The number of fused-ring (bicyclic) bond motifs is 1. The minimum atomic E-state index is -0.524. The topological polar surface area (TPSA) is 101 Å². The number of carbonyl (C=O) groups excluding carboxylic acids is 2. The number of benzene rings is 1. The van der Waals surface area contributed by atoms with E-state index in [1.807, 2.05) is 31.2 Å². The molecule has 29 heavy (non-hydrogen) atoms. The van der Waals surface area contributed by atoms with Crippen molar-refractivity contribution >= 4 is 17.5 Å². The number of nitrogens with zero attached hydrogens (tertiary/aromatic N) is 4. The van der Waals surface area contributed by atoms with Gasteiger partial charge in [-0.15, -0.1) is 0 Å². The van der Waals surface area contributed by atoms with Crippen LogP contribution in [0.4, 0.5) is 5.69 Å². The molecule has 148 valence electrons. The van der Waals surface area contributed by atoms with Crippen molar-refractivity contribution in [2.45, 2.75) is 32.7 Å². The summed E-state index contributed by atoms with van der Waals surface area (Å²) in [6.07, 6.45) is 1.80. The molecule has 3 heterocycles. The number of aryl methyl sites for hydroxylation is 2. The standard InChI is InChI=1S/C21H21N5O3/c1-12-8-19(29-25-12)16-10-22-13(2)23-18(16)11-26(3)21(28)15-9-20(27)24-17-7-5-4-6-14(15)17/h4-8,10,15H,9,11H2,1-3H3,(H,24,27). The largest absolute Gasteiger partial charge is 0.356 e. The lowest BCUT2D eigenvalue weighted by Crippen LogP contribution is -2.36. The Hall–Kier alpha value is -3.55. The molecule has 0 fully saturated rings. The molecular formula is C21H21N5O3. The van der Waals surface area contributed by atoms with E-state index in [1.54, 1.807) is 31.1 Å². The molecule has 1 N–H and O–H groups in total. The number of hydrogen-bond donors (Lipinski definition) is 1. The van der Waals surface area contributed by atoms with Crippen LogP contribution in [0.15, 0.2) is 41.1 Å². The van der Waals surface area contributed by atoms with E-state index in [2.05, 4.69) is 20.4 Å². The van der Waals surface area contributed by atoms with E-state index in [-0.39, 0.29) is 24.8 Å². The molecule has 1 atom stereocenters. The Labute approximate surface area is 167 Å². The monoisotopic (exact) mass is 391 g/mol. The SMILES string of the molecule is Cc1cc(-c2cnc(C)nc2CN(C)C(=O)C2CC(=O)Nc3ccccc32)on1. The molecular weight excluding hydrogens is 370 g/mol. The molecule has 1 aliphatic rings. The Morgan fingerprint density at radius 1 is 1.31 bits per heavy atom. The number of aromatic nitrogens is 3. The fourth-order valence-corrected chi connectivity index (χ4v) is 3.53. The summed E-state index contributed by atoms with van der Waals surface area (Å²) in [5, 5.41) is 6.75. The lowest BCUT2D eigenvalue weighted by molar-refractivity contribution is -0.134. The van der Waals surface area contributed by atoms with Crippen LogP contribution in [0.5, 0.6) is 0 Å². The second kappa shape index (κ2) is 7.46. The van der Waals surface area contributed by atoms with Crippen LogP contribution >= 0.6 is 0 Å². The van der Waals surface area contributed by atoms with E-state index >= 15 is 0 Å². The maximum Gasteiger partial charge on any atom is 0.230 e. The van der Waals surface area contributed by atoms with Crippen molar-refractivity contribution in [2.75, 3.05) is 12.4 Å². The van der Waals surface area contributed by atoms with Crippen molar-refractivity contribution < 1.29 is 14.1 Å². The smallest absolute Gasteiger partial charge is 0.230 e. The van der Waals surface area contributed by atoms with E-state index in [0.29, 0.717) is 28.5 Å². The number of rotatable bonds is 4. The summed E-state index contributed by atoms with van der Waals surface area (Å²) in [4.78, 5) is 35.7. The number of para-hydroxylation sites is 1. The first-order chi connectivity index (χ1) is 13.9. The van der Waals surface area contributed by atoms with Crippen LogP contribution in [0.1, 0.15) is 35.1 Å². The van der Waals surface area contributed by atoms with Gasteiger partial charge in [0.15, 0.2) is 5.76 Å². The van der Waals surface area contributed by atoms with E-state index in [4.69, 9.17) is 4.52 Å². The van der Waals surface area contributed by atoms with Crippen molar-refractivity contribution in [1.82, 2.24) is 20.0 Å². The highest BCUT2D eigenvalue weighted by molar-refractivity contribution is 6.01. The van der Waals surface area contributed by atoms with Crippen LogP contribution in [0.2, 0.25) is 0 Å². The lowest BCUT2D eigenvalue weighted by atomic mass is 9.89. The van der Waals surface area contributed by atoms with Gasteiger partial charge in [-0.05, 0) is 25.5 Å². The highest BCUT2D eigenvalue weighted by atomic mass is 16.5. The minimum absolute atomic E-state index is 0.122. The Balaban J connectivity index is 1.62. The van der Waals surface area contributed by atoms with Gasteiger partial charge in [0.2, 0.25) is 11.8 Å². The van der Waals surface area contributed by atoms with Gasteiger partial charge < -0.3 is 14.7 Å². The molecule has 3 aromatic rings.